The van der Waals surface area contributed by atoms with Crippen molar-refractivity contribution < 1.29 is 8.42 Å². The highest BCUT2D eigenvalue weighted by Gasteiger charge is 2.16. The quantitative estimate of drug-likeness (QED) is 0.824. The zero-order chi connectivity index (χ0) is 13.7. The summed E-state index contributed by atoms with van der Waals surface area (Å²) >= 11 is 2.80. The summed E-state index contributed by atoms with van der Waals surface area (Å²) in [7, 11) is -3.39. The van der Waals surface area contributed by atoms with Crippen molar-refractivity contribution in [3.05, 3.63) is 39.4 Å². The van der Waals surface area contributed by atoms with E-state index in [-0.39, 0.29) is 0 Å². The van der Waals surface area contributed by atoms with Gasteiger partial charge in [0.25, 0.3) is 0 Å². The molecular formula is C12H16N2O2S3. The minimum Gasteiger partial charge on any atom is -0.313 e. The Balaban J connectivity index is 2.00. The molecular weight excluding hydrogens is 300 g/mol. The van der Waals surface area contributed by atoms with Gasteiger partial charge in [-0.15, -0.1) is 22.7 Å². The number of hydrogen-bond acceptors (Lipinski definition) is 5. The number of thiophene rings is 2. The van der Waals surface area contributed by atoms with Gasteiger partial charge in [0.15, 0.2) is 0 Å². The van der Waals surface area contributed by atoms with Gasteiger partial charge in [-0.05, 0) is 35.0 Å². The van der Waals surface area contributed by atoms with E-state index < -0.39 is 10.0 Å². The van der Waals surface area contributed by atoms with Crippen LogP contribution in [0, 0.1) is 0 Å². The fourth-order valence-electron chi connectivity index (χ4n) is 1.51. The van der Waals surface area contributed by atoms with E-state index in [1.54, 1.807) is 17.4 Å². The molecule has 0 fully saturated rings. The largest absolute Gasteiger partial charge is 0.313 e. The van der Waals surface area contributed by atoms with Crippen LogP contribution in [0.5, 0.6) is 0 Å². The Kier molecular flexibility index (Phi) is 5.12. The summed E-state index contributed by atoms with van der Waals surface area (Å²) in [6, 6.07) is 5.55. The van der Waals surface area contributed by atoms with Crippen LogP contribution in [0.3, 0.4) is 0 Å². The van der Waals surface area contributed by atoms with Crippen molar-refractivity contribution in [3.63, 3.8) is 0 Å². The van der Waals surface area contributed by atoms with Gasteiger partial charge in [0.2, 0.25) is 10.0 Å². The molecule has 2 heterocycles. The van der Waals surface area contributed by atoms with Crippen LogP contribution < -0.4 is 10.0 Å². The van der Waals surface area contributed by atoms with Crippen molar-refractivity contribution >= 4 is 32.7 Å². The third kappa shape index (κ3) is 4.12. The molecule has 0 aliphatic carbocycles. The number of nitrogens with one attached hydrogen (secondary N) is 2. The van der Waals surface area contributed by atoms with E-state index in [0.29, 0.717) is 17.3 Å². The Labute approximate surface area is 121 Å². The summed E-state index contributed by atoms with van der Waals surface area (Å²) in [5.74, 6) is 0. The minimum absolute atomic E-state index is 0.348. The summed E-state index contributed by atoms with van der Waals surface area (Å²) in [6.07, 6.45) is 0. The molecule has 2 rings (SSSR count). The predicted molar refractivity (Wildman–Crippen MR) is 80.0 cm³/mol. The lowest BCUT2D eigenvalue weighted by atomic mass is 10.3. The highest BCUT2D eigenvalue weighted by Crippen LogP contribution is 2.20. The SMILES string of the molecule is CCNCc1csc(S(=O)(=O)NCc2cccs2)c1. The van der Waals surface area contributed by atoms with E-state index in [2.05, 4.69) is 10.0 Å². The van der Waals surface area contributed by atoms with Crippen LogP contribution in [0.15, 0.2) is 33.2 Å². The average molecular weight is 316 g/mol. The summed E-state index contributed by atoms with van der Waals surface area (Å²) in [4.78, 5) is 1.01. The Bertz CT molecular complexity index is 603. The molecule has 0 aliphatic heterocycles. The van der Waals surface area contributed by atoms with E-state index >= 15 is 0 Å². The van der Waals surface area contributed by atoms with Crippen LogP contribution in [0.4, 0.5) is 0 Å². The molecule has 2 aromatic heterocycles. The second-order valence-electron chi connectivity index (χ2n) is 3.96. The van der Waals surface area contributed by atoms with Crippen LogP contribution in [-0.4, -0.2) is 15.0 Å². The molecule has 0 radical (unpaired) electrons. The van der Waals surface area contributed by atoms with E-state index in [9.17, 15) is 8.42 Å². The van der Waals surface area contributed by atoms with Crippen molar-refractivity contribution in [1.29, 1.82) is 0 Å². The molecule has 2 N–H and O–H groups in total. The summed E-state index contributed by atoms with van der Waals surface area (Å²) in [5, 5.41) is 6.99. The fourth-order valence-corrected chi connectivity index (χ4v) is 4.50. The Morgan fingerprint density at radius 3 is 2.79 bits per heavy atom. The third-order valence-corrected chi connectivity index (χ3v) is 6.26. The maximum atomic E-state index is 12.1. The second kappa shape index (κ2) is 6.62. The molecule has 104 valence electrons. The molecule has 0 aromatic carbocycles. The van der Waals surface area contributed by atoms with E-state index in [0.717, 1.165) is 17.0 Å². The molecule has 0 aliphatic rings. The van der Waals surface area contributed by atoms with Gasteiger partial charge in [0.1, 0.15) is 4.21 Å². The van der Waals surface area contributed by atoms with Gasteiger partial charge in [-0.2, -0.15) is 0 Å². The van der Waals surface area contributed by atoms with Crippen molar-refractivity contribution in [1.82, 2.24) is 10.0 Å². The monoisotopic (exact) mass is 316 g/mol. The molecule has 19 heavy (non-hydrogen) atoms. The highest BCUT2D eigenvalue weighted by atomic mass is 32.2. The van der Waals surface area contributed by atoms with Crippen LogP contribution in [0.1, 0.15) is 17.4 Å². The van der Waals surface area contributed by atoms with Crippen LogP contribution in [0.25, 0.3) is 0 Å². The maximum absolute atomic E-state index is 12.1. The molecule has 0 spiro atoms. The summed E-state index contributed by atoms with van der Waals surface area (Å²) < 4.78 is 27.2. The number of sulfonamides is 1. The van der Waals surface area contributed by atoms with Gasteiger partial charge in [0, 0.05) is 18.0 Å². The van der Waals surface area contributed by atoms with Crippen molar-refractivity contribution in [2.75, 3.05) is 6.54 Å². The van der Waals surface area contributed by atoms with Gasteiger partial charge < -0.3 is 5.32 Å². The first kappa shape index (κ1) is 14.7. The molecule has 0 unspecified atom stereocenters. The lowest BCUT2D eigenvalue weighted by Gasteiger charge is -2.02. The molecule has 0 atom stereocenters. The minimum atomic E-state index is -3.39. The lowest BCUT2D eigenvalue weighted by Crippen LogP contribution is -2.21. The topological polar surface area (TPSA) is 58.2 Å². The number of hydrogen-bond donors (Lipinski definition) is 2. The molecule has 4 nitrogen and oxygen atoms in total. The first-order valence-corrected chi connectivity index (χ1v) is 9.16. The van der Waals surface area contributed by atoms with Crippen LogP contribution in [0.2, 0.25) is 0 Å². The molecule has 0 saturated heterocycles. The zero-order valence-corrected chi connectivity index (χ0v) is 13.0. The first-order valence-electron chi connectivity index (χ1n) is 5.92. The van der Waals surface area contributed by atoms with Crippen LogP contribution >= 0.6 is 22.7 Å². The highest BCUT2D eigenvalue weighted by molar-refractivity contribution is 7.91. The van der Waals surface area contributed by atoms with E-state index in [1.807, 2.05) is 29.8 Å². The van der Waals surface area contributed by atoms with E-state index in [4.69, 9.17) is 0 Å². The predicted octanol–water partition coefficient (Wildman–Crippen LogP) is 2.40. The molecule has 0 bridgehead atoms. The number of rotatable bonds is 7. The Hall–Kier alpha value is -0.730. The molecule has 0 saturated carbocycles. The Morgan fingerprint density at radius 1 is 1.26 bits per heavy atom. The van der Waals surface area contributed by atoms with Gasteiger partial charge in [0.05, 0.1) is 0 Å². The van der Waals surface area contributed by atoms with Crippen LogP contribution in [-0.2, 0) is 23.1 Å². The summed E-state index contributed by atoms with van der Waals surface area (Å²) in [5.41, 5.74) is 1.00. The summed E-state index contributed by atoms with van der Waals surface area (Å²) in [6.45, 7) is 3.94. The molecule has 7 heteroatoms. The standard InChI is InChI=1S/C12H16N2O2S3/c1-2-13-7-10-6-12(18-9-10)19(15,16)14-8-11-4-3-5-17-11/h3-6,9,13-14H,2,7-8H2,1H3. The average Bonchev–Trinajstić information content (AvgIpc) is 3.05. The van der Waals surface area contributed by atoms with Crippen molar-refractivity contribution in [2.45, 2.75) is 24.2 Å². The van der Waals surface area contributed by atoms with E-state index in [1.165, 1.54) is 11.3 Å². The Morgan fingerprint density at radius 2 is 2.11 bits per heavy atom. The zero-order valence-electron chi connectivity index (χ0n) is 10.5. The normalized spacial score (nSPS) is 11.8. The third-order valence-electron chi connectivity index (χ3n) is 2.49. The van der Waals surface area contributed by atoms with Gasteiger partial charge in [-0.3, -0.25) is 0 Å². The smallest absolute Gasteiger partial charge is 0.250 e. The first-order chi connectivity index (χ1) is 9.12. The molecule has 2 aromatic rings. The van der Waals surface area contributed by atoms with Crippen molar-refractivity contribution in [3.8, 4) is 0 Å². The maximum Gasteiger partial charge on any atom is 0.250 e. The fraction of sp³-hybridized carbons (Fsp3) is 0.333. The molecule has 0 amide bonds. The van der Waals surface area contributed by atoms with Gasteiger partial charge >= 0.3 is 0 Å². The van der Waals surface area contributed by atoms with Gasteiger partial charge in [-0.1, -0.05) is 13.0 Å². The van der Waals surface area contributed by atoms with Gasteiger partial charge in [-0.25, -0.2) is 13.1 Å². The lowest BCUT2D eigenvalue weighted by molar-refractivity contribution is 0.584. The van der Waals surface area contributed by atoms with Crippen molar-refractivity contribution in [2.24, 2.45) is 0 Å². The second-order valence-corrected chi connectivity index (χ2v) is 7.90.